The zero-order valence-corrected chi connectivity index (χ0v) is 12.5. The van der Waals surface area contributed by atoms with E-state index in [0.29, 0.717) is 42.7 Å². The molecule has 0 saturated carbocycles. The van der Waals surface area contributed by atoms with Gasteiger partial charge in [0.15, 0.2) is 0 Å². The zero-order chi connectivity index (χ0) is 14.8. The maximum absolute atomic E-state index is 12.0. The Bertz CT molecular complexity index is 403. The number of benzene rings is 1. The molecule has 20 heavy (non-hydrogen) atoms. The summed E-state index contributed by atoms with van der Waals surface area (Å²) in [7, 11) is 3.09. The highest BCUT2D eigenvalue weighted by Crippen LogP contribution is 2.22. The molecule has 0 atom stereocenters. The van der Waals surface area contributed by atoms with Gasteiger partial charge in [-0.15, -0.1) is 11.6 Å². The maximum atomic E-state index is 12.0. The number of amides is 1. The second-order valence-corrected chi connectivity index (χ2v) is 4.39. The lowest BCUT2D eigenvalue weighted by Crippen LogP contribution is -2.25. The molecule has 0 unspecified atom stereocenters. The first-order chi connectivity index (χ1) is 9.71. The largest absolute Gasteiger partial charge is 0.497 e. The minimum Gasteiger partial charge on any atom is -0.497 e. The van der Waals surface area contributed by atoms with E-state index >= 15 is 0 Å². The van der Waals surface area contributed by atoms with E-state index in [1.165, 1.54) is 0 Å². The van der Waals surface area contributed by atoms with Crippen LogP contribution in [0.3, 0.4) is 0 Å². The molecule has 0 radical (unpaired) electrons. The standard InChI is InChI=1S/C14H20ClNO4/c1-18-12-8-11(9-13(10-12)19-2)14(17)16-5-3-6-20-7-4-15/h8-10H,3-7H2,1-2H3,(H,16,17). The highest BCUT2D eigenvalue weighted by atomic mass is 35.5. The van der Waals surface area contributed by atoms with Crippen LogP contribution in [0.15, 0.2) is 18.2 Å². The summed E-state index contributed by atoms with van der Waals surface area (Å²) in [6, 6.07) is 5.06. The van der Waals surface area contributed by atoms with Crippen molar-refractivity contribution in [3.63, 3.8) is 0 Å². The zero-order valence-electron chi connectivity index (χ0n) is 11.8. The Morgan fingerprint density at radius 3 is 2.35 bits per heavy atom. The van der Waals surface area contributed by atoms with Crippen molar-refractivity contribution in [3.8, 4) is 11.5 Å². The van der Waals surface area contributed by atoms with Gasteiger partial charge in [-0.25, -0.2) is 0 Å². The van der Waals surface area contributed by atoms with E-state index in [1.54, 1.807) is 32.4 Å². The number of rotatable bonds is 9. The van der Waals surface area contributed by atoms with E-state index in [9.17, 15) is 4.79 Å². The average Bonchev–Trinajstić information content (AvgIpc) is 2.49. The molecule has 0 aliphatic rings. The first-order valence-electron chi connectivity index (χ1n) is 6.36. The fourth-order valence-corrected chi connectivity index (χ4v) is 1.68. The van der Waals surface area contributed by atoms with Gasteiger partial charge in [-0.05, 0) is 18.6 Å². The summed E-state index contributed by atoms with van der Waals surface area (Å²) in [5, 5.41) is 2.82. The second kappa shape index (κ2) is 9.44. The number of hydrogen-bond acceptors (Lipinski definition) is 4. The third kappa shape index (κ3) is 5.67. The Balaban J connectivity index is 2.46. The molecule has 1 N–H and O–H groups in total. The first kappa shape index (κ1) is 16.6. The minimum atomic E-state index is -0.167. The Labute approximate surface area is 124 Å². The Morgan fingerprint density at radius 1 is 1.15 bits per heavy atom. The van der Waals surface area contributed by atoms with Crippen molar-refractivity contribution in [2.75, 3.05) is 39.9 Å². The molecule has 0 bridgehead atoms. The fourth-order valence-electron chi connectivity index (χ4n) is 1.57. The van der Waals surface area contributed by atoms with Gasteiger partial charge in [0.2, 0.25) is 0 Å². The summed E-state index contributed by atoms with van der Waals surface area (Å²) in [6.07, 6.45) is 0.740. The maximum Gasteiger partial charge on any atom is 0.251 e. The predicted octanol–water partition coefficient (Wildman–Crippen LogP) is 2.08. The molecule has 0 fully saturated rings. The normalized spacial score (nSPS) is 10.2. The molecule has 0 aliphatic heterocycles. The lowest BCUT2D eigenvalue weighted by Gasteiger charge is -2.09. The van der Waals surface area contributed by atoms with Crippen LogP contribution in [0.4, 0.5) is 0 Å². The second-order valence-electron chi connectivity index (χ2n) is 4.01. The van der Waals surface area contributed by atoms with Gasteiger partial charge in [-0.2, -0.15) is 0 Å². The van der Waals surface area contributed by atoms with Crippen molar-refractivity contribution in [2.45, 2.75) is 6.42 Å². The van der Waals surface area contributed by atoms with Crippen LogP contribution in [0.25, 0.3) is 0 Å². The van der Waals surface area contributed by atoms with Crippen molar-refractivity contribution < 1.29 is 19.0 Å². The molecule has 1 aromatic rings. The molecule has 1 amide bonds. The molecule has 6 heteroatoms. The summed E-state index contributed by atoms with van der Waals surface area (Å²) < 4.78 is 15.5. The molecule has 0 spiro atoms. The van der Waals surface area contributed by atoms with Crippen molar-refractivity contribution in [2.24, 2.45) is 0 Å². The Hall–Kier alpha value is -1.46. The number of halogens is 1. The smallest absolute Gasteiger partial charge is 0.251 e. The van der Waals surface area contributed by atoms with Gasteiger partial charge < -0.3 is 19.5 Å². The number of nitrogens with one attached hydrogen (secondary N) is 1. The fraction of sp³-hybridized carbons (Fsp3) is 0.500. The summed E-state index contributed by atoms with van der Waals surface area (Å²) in [5.74, 6) is 1.48. The average molecular weight is 302 g/mol. The van der Waals surface area contributed by atoms with E-state index in [4.69, 9.17) is 25.8 Å². The van der Waals surface area contributed by atoms with Crippen LogP contribution >= 0.6 is 11.6 Å². The number of ether oxygens (including phenoxy) is 3. The molecular formula is C14H20ClNO4. The monoisotopic (exact) mass is 301 g/mol. The van der Waals surface area contributed by atoms with Crippen LogP contribution in [0.5, 0.6) is 11.5 Å². The highest BCUT2D eigenvalue weighted by Gasteiger charge is 2.09. The molecule has 0 aliphatic carbocycles. The van der Waals surface area contributed by atoms with Crippen molar-refractivity contribution in [3.05, 3.63) is 23.8 Å². The van der Waals surface area contributed by atoms with Gasteiger partial charge in [0.1, 0.15) is 11.5 Å². The van der Waals surface area contributed by atoms with E-state index in [2.05, 4.69) is 5.32 Å². The summed E-state index contributed by atoms with van der Waals surface area (Å²) >= 11 is 5.48. The SMILES string of the molecule is COc1cc(OC)cc(C(=O)NCCCOCCCl)c1. The number of alkyl halides is 1. The molecular weight excluding hydrogens is 282 g/mol. The Kier molecular flexibility index (Phi) is 7.84. The van der Waals surface area contributed by atoms with Crippen LogP contribution in [-0.2, 0) is 4.74 Å². The molecule has 5 nitrogen and oxygen atoms in total. The lowest BCUT2D eigenvalue weighted by atomic mass is 10.2. The van der Waals surface area contributed by atoms with Crippen LogP contribution in [-0.4, -0.2) is 45.8 Å². The topological polar surface area (TPSA) is 56.8 Å². The number of carbonyl (C=O) groups is 1. The molecule has 0 aromatic heterocycles. The van der Waals surface area contributed by atoms with E-state index < -0.39 is 0 Å². The molecule has 112 valence electrons. The van der Waals surface area contributed by atoms with Crippen molar-refractivity contribution in [1.29, 1.82) is 0 Å². The van der Waals surface area contributed by atoms with Crippen LogP contribution in [0.2, 0.25) is 0 Å². The van der Waals surface area contributed by atoms with Gasteiger partial charge in [0, 0.05) is 30.7 Å². The van der Waals surface area contributed by atoms with Gasteiger partial charge >= 0.3 is 0 Å². The number of carbonyl (C=O) groups excluding carboxylic acids is 1. The molecule has 1 aromatic carbocycles. The summed E-state index contributed by atoms with van der Waals surface area (Å²) in [5.41, 5.74) is 0.503. The first-order valence-corrected chi connectivity index (χ1v) is 6.89. The van der Waals surface area contributed by atoms with Gasteiger partial charge in [0.05, 0.1) is 20.8 Å². The number of hydrogen-bond donors (Lipinski definition) is 1. The predicted molar refractivity (Wildman–Crippen MR) is 78.0 cm³/mol. The third-order valence-electron chi connectivity index (χ3n) is 2.59. The summed E-state index contributed by atoms with van der Waals surface area (Å²) in [4.78, 5) is 12.0. The molecule has 1 rings (SSSR count). The van der Waals surface area contributed by atoms with Crippen molar-refractivity contribution in [1.82, 2.24) is 5.32 Å². The third-order valence-corrected chi connectivity index (χ3v) is 2.74. The van der Waals surface area contributed by atoms with Gasteiger partial charge in [-0.3, -0.25) is 4.79 Å². The van der Waals surface area contributed by atoms with E-state index in [-0.39, 0.29) is 5.91 Å². The van der Waals surface area contributed by atoms with E-state index in [0.717, 1.165) is 6.42 Å². The molecule has 0 saturated heterocycles. The van der Waals surface area contributed by atoms with Crippen LogP contribution < -0.4 is 14.8 Å². The van der Waals surface area contributed by atoms with Crippen LogP contribution in [0, 0.1) is 0 Å². The van der Waals surface area contributed by atoms with Gasteiger partial charge in [-0.1, -0.05) is 0 Å². The van der Waals surface area contributed by atoms with E-state index in [1.807, 2.05) is 0 Å². The minimum absolute atomic E-state index is 0.167. The highest BCUT2D eigenvalue weighted by molar-refractivity contribution is 6.17. The summed E-state index contributed by atoms with van der Waals surface area (Å²) in [6.45, 7) is 1.65. The molecule has 0 heterocycles. The van der Waals surface area contributed by atoms with Gasteiger partial charge in [0.25, 0.3) is 5.91 Å². The lowest BCUT2D eigenvalue weighted by molar-refractivity contribution is 0.0943. The van der Waals surface area contributed by atoms with Crippen LogP contribution in [0.1, 0.15) is 16.8 Å². The van der Waals surface area contributed by atoms with Crippen molar-refractivity contribution >= 4 is 17.5 Å². The number of methoxy groups -OCH3 is 2. The quantitative estimate of drug-likeness (QED) is 0.560. The Morgan fingerprint density at radius 2 is 1.80 bits per heavy atom.